The predicted octanol–water partition coefficient (Wildman–Crippen LogP) is 1.66. The number of carbonyl (C=O) groups is 1. The van der Waals surface area contributed by atoms with Gasteiger partial charge in [-0.25, -0.2) is 4.39 Å². The minimum absolute atomic E-state index is 0.0245. The third-order valence-corrected chi connectivity index (χ3v) is 2.60. The van der Waals surface area contributed by atoms with Crippen molar-refractivity contribution in [3.05, 3.63) is 30.1 Å². The Morgan fingerprint density at radius 3 is 2.58 bits per heavy atom. The molecule has 1 aromatic carbocycles. The van der Waals surface area contributed by atoms with Gasteiger partial charge in [0.2, 0.25) is 5.91 Å². The van der Waals surface area contributed by atoms with E-state index in [1.807, 2.05) is 13.8 Å². The van der Waals surface area contributed by atoms with E-state index in [0.717, 1.165) is 0 Å². The van der Waals surface area contributed by atoms with Crippen LogP contribution >= 0.6 is 0 Å². The molecule has 0 heterocycles. The molecule has 1 N–H and O–H groups in total. The Morgan fingerprint density at radius 2 is 2.00 bits per heavy atom. The smallest absolute Gasteiger partial charge is 0.236 e. The van der Waals surface area contributed by atoms with Crippen molar-refractivity contribution in [3.8, 4) is 5.75 Å². The van der Waals surface area contributed by atoms with Gasteiger partial charge in [-0.3, -0.25) is 4.79 Å². The van der Waals surface area contributed by atoms with E-state index in [4.69, 9.17) is 4.74 Å². The second-order valence-corrected chi connectivity index (χ2v) is 4.65. The molecule has 1 aromatic rings. The summed E-state index contributed by atoms with van der Waals surface area (Å²) in [6.07, 6.45) is 0. The van der Waals surface area contributed by atoms with Gasteiger partial charge in [0.15, 0.2) is 0 Å². The summed E-state index contributed by atoms with van der Waals surface area (Å²) < 4.78 is 18.1. The van der Waals surface area contributed by atoms with Gasteiger partial charge in [-0.05, 0) is 24.3 Å². The molecule has 106 valence electrons. The van der Waals surface area contributed by atoms with Gasteiger partial charge in [0.05, 0.1) is 13.1 Å². The van der Waals surface area contributed by atoms with Crippen molar-refractivity contribution in [2.45, 2.75) is 19.9 Å². The molecule has 0 saturated carbocycles. The SMILES string of the molecule is CC(C)NCC(=O)N(C)CCOc1ccc(F)cc1. The highest BCUT2D eigenvalue weighted by Crippen LogP contribution is 2.10. The van der Waals surface area contributed by atoms with Gasteiger partial charge in [-0.15, -0.1) is 0 Å². The zero-order chi connectivity index (χ0) is 14.3. The van der Waals surface area contributed by atoms with Crippen LogP contribution in [0.3, 0.4) is 0 Å². The normalized spacial score (nSPS) is 10.6. The Balaban J connectivity index is 2.24. The fourth-order valence-corrected chi connectivity index (χ4v) is 1.38. The Hall–Kier alpha value is -1.62. The summed E-state index contributed by atoms with van der Waals surface area (Å²) in [6, 6.07) is 6.11. The molecule has 0 aliphatic heterocycles. The highest BCUT2D eigenvalue weighted by atomic mass is 19.1. The lowest BCUT2D eigenvalue weighted by Crippen LogP contribution is -2.39. The van der Waals surface area contributed by atoms with Crippen LogP contribution in [0.5, 0.6) is 5.75 Å². The van der Waals surface area contributed by atoms with E-state index < -0.39 is 0 Å². The van der Waals surface area contributed by atoms with Gasteiger partial charge >= 0.3 is 0 Å². The van der Waals surface area contributed by atoms with Crippen molar-refractivity contribution in [2.24, 2.45) is 0 Å². The first-order valence-electron chi connectivity index (χ1n) is 6.34. The van der Waals surface area contributed by atoms with E-state index >= 15 is 0 Å². The van der Waals surface area contributed by atoms with Crippen LogP contribution in [-0.2, 0) is 4.79 Å². The number of halogens is 1. The van der Waals surface area contributed by atoms with Crippen LogP contribution in [0, 0.1) is 5.82 Å². The number of rotatable bonds is 7. The molecule has 0 aromatic heterocycles. The number of amides is 1. The summed E-state index contributed by atoms with van der Waals surface area (Å²) in [5.41, 5.74) is 0. The first kappa shape index (κ1) is 15.4. The molecule has 0 radical (unpaired) electrons. The van der Waals surface area contributed by atoms with Crippen molar-refractivity contribution in [1.29, 1.82) is 0 Å². The van der Waals surface area contributed by atoms with Crippen LogP contribution in [0.25, 0.3) is 0 Å². The fourth-order valence-electron chi connectivity index (χ4n) is 1.38. The predicted molar refractivity (Wildman–Crippen MR) is 72.7 cm³/mol. The molecule has 0 aliphatic rings. The van der Waals surface area contributed by atoms with E-state index in [1.54, 1.807) is 24.1 Å². The number of benzene rings is 1. The molecule has 1 amide bonds. The highest BCUT2D eigenvalue weighted by molar-refractivity contribution is 5.77. The third-order valence-electron chi connectivity index (χ3n) is 2.60. The van der Waals surface area contributed by atoms with Crippen LogP contribution in [0.4, 0.5) is 4.39 Å². The molecule has 0 atom stereocenters. The van der Waals surface area contributed by atoms with Crippen LogP contribution in [0.1, 0.15) is 13.8 Å². The average molecular weight is 268 g/mol. The lowest BCUT2D eigenvalue weighted by atomic mass is 10.3. The van der Waals surface area contributed by atoms with Crippen molar-refractivity contribution in [2.75, 3.05) is 26.7 Å². The Bertz CT molecular complexity index is 393. The molecule has 0 spiro atoms. The van der Waals surface area contributed by atoms with E-state index in [2.05, 4.69) is 5.32 Å². The summed E-state index contributed by atoms with van der Waals surface area (Å²) in [5, 5.41) is 3.07. The summed E-state index contributed by atoms with van der Waals surface area (Å²) in [5.74, 6) is 0.332. The largest absolute Gasteiger partial charge is 0.492 e. The summed E-state index contributed by atoms with van der Waals surface area (Å²) in [4.78, 5) is 13.3. The van der Waals surface area contributed by atoms with Crippen LogP contribution in [0.15, 0.2) is 24.3 Å². The van der Waals surface area contributed by atoms with Gasteiger partial charge in [-0.1, -0.05) is 13.8 Å². The lowest BCUT2D eigenvalue weighted by molar-refractivity contribution is -0.129. The minimum Gasteiger partial charge on any atom is -0.492 e. The van der Waals surface area contributed by atoms with Crippen LogP contribution in [-0.4, -0.2) is 43.6 Å². The number of ether oxygens (including phenoxy) is 1. The third kappa shape index (κ3) is 6.20. The van der Waals surface area contributed by atoms with Gasteiger partial charge in [0, 0.05) is 13.1 Å². The zero-order valence-electron chi connectivity index (χ0n) is 11.6. The summed E-state index contributed by atoms with van der Waals surface area (Å²) in [7, 11) is 1.73. The molecule has 0 fully saturated rings. The maximum atomic E-state index is 12.7. The first-order valence-corrected chi connectivity index (χ1v) is 6.34. The zero-order valence-corrected chi connectivity index (χ0v) is 11.6. The van der Waals surface area contributed by atoms with Gasteiger partial charge in [0.25, 0.3) is 0 Å². The van der Waals surface area contributed by atoms with Crippen molar-refractivity contribution in [1.82, 2.24) is 10.2 Å². The number of hydrogen-bond acceptors (Lipinski definition) is 3. The van der Waals surface area contributed by atoms with Crippen molar-refractivity contribution in [3.63, 3.8) is 0 Å². The van der Waals surface area contributed by atoms with E-state index in [-0.39, 0.29) is 17.8 Å². The fraction of sp³-hybridized carbons (Fsp3) is 0.500. The monoisotopic (exact) mass is 268 g/mol. The maximum absolute atomic E-state index is 12.7. The Morgan fingerprint density at radius 1 is 1.37 bits per heavy atom. The van der Waals surface area contributed by atoms with Gasteiger partial charge < -0.3 is 15.0 Å². The average Bonchev–Trinajstić information content (AvgIpc) is 2.38. The topological polar surface area (TPSA) is 41.6 Å². The molecule has 1 rings (SSSR count). The molecular weight excluding hydrogens is 247 g/mol. The maximum Gasteiger partial charge on any atom is 0.236 e. The first-order chi connectivity index (χ1) is 8.99. The van der Waals surface area contributed by atoms with E-state index in [0.29, 0.717) is 25.4 Å². The van der Waals surface area contributed by atoms with Crippen molar-refractivity contribution >= 4 is 5.91 Å². The number of hydrogen-bond donors (Lipinski definition) is 1. The van der Waals surface area contributed by atoms with Gasteiger partial charge in [-0.2, -0.15) is 0 Å². The molecular formula is C14H21FN2O2. The second-order valence-electron chi connectivity index (χ2n) is 4.65. The highest BCUT2D eigenvalue weighted by Gasteiger charge is 2.08. The summed E-state index contributed by atoms with van der Waals surface area (Å²) in [6.45, 7) is 5.19. The van der Waals surface area contributed by atoms with Crippen molar-refractivity contribution < 1.29 is 13.9 Å². The number of likely N-dealkylation sites (N-methyl/N-ethyl adjacent to an activating group) is 1. The van der Waals surface area contributed by atoms with E-state index in [9.17, 15) is 9.18 Å². The summed E-state index contributed by atoms with van der Waals surface area (Å²) >= 11 is 0. The molecule has 0 saturated heterocycles. The Kier molecular flexibility index (Phi) is 6.29. The van der Waals surface area contributed by atoms with E-state index in [1.165, 1.54) is 12.1 Å². The molecule has 0 bridgehead atoms. The van der Waals surface area contributed by atoms with Crippen LogP contribution in [0.2, 0.25) is 0 Å². The number of nitrogens with zero attached hydrogens (tertiary/aromatic N) is 1. The quantitative estimate of drug-likeness (QED) is 0.817. The molecule has 4 nitrogen and oxygen atoms in total. The molecule has 0 unspecified atom stereocenters. The number of carbonyl (C=O) groups excluding carboxylic acids is 1. The Labute approximate surface area is 113 Å². The van der Waals surface area contributed by atoms with Crippen LogP contribution < -0.4 is 10.1 Å². The number of nitrogens with one attached hydrogen (secondary N) is 1. The standard InChI is InChI=1S/C14H21FN2O2/c1-11(2)16-10-14(18)17(3)8-9-19-13-6-4-12(15)5-7-13/h4-7,11,16H,8-10H2,1-3H3. The molecule has 0 aliphatic carbocycles. The van der Waals surface area contributed by atoms with Gasteiger partial charge in [0.1, 0.15) is 18.2 Å². The second kappa shape index (κ2) is 7.74. The molecule has 19 heavy (non-hydrogen) atoms. The minimum atomic E-state index is -0.292. The lowest BCUT2D eigenvalue weighted by Gasteiger charge is -2.18. The molecule has 5 heteroatoms.